The van der Waals surface area contributed by atoms with E-state index >= 15 is 0 Å². The second-order valence-corrected chi connectivity index (χ2v) is 9.71. The molecule has 4 nitrogen and oxygen atoms in total. The predicted molar refractivity (Wildman–Crippen MR) is 137 cm³/mol. The molecular weight excluding hydrogens is 513 g/mol. The van der Waals surface area contributed by atoms with Crippen molar-refractivity contribution in [2.45, 2.75) is 45.1 Å². The number of aryl methyl sites for hydroxylation is 1. The lowest BCUT2D eigenvalue weighted by molar-refractivity contribution is -0.140. The van der Waals surface area contributed by atoms with Crippen LogP contribution in [0.15, 0.2) is 77.6 Å². The molecule has 1 aliphatic heterocycles. The number of benzene rings is 3. The Morgan fingerprint density at radius 3 is 2.03 bits per heavy atom. The Balaban J connectivity index is 1.55. The number of aromatic nitrogens is 2. The number of halogens is 5. The van der Waals surface area contributed by atoms with Crippen molar-refractivity contribution in [3.63, 3.8) is 0 Å². The molecule has 0 aliphatic carbocycles. The van der Waals surface area contributed by atoms with Gasteiger partial charge in [0.1, 0.15) is 5.82 Å². The van der Waals surface area contributed by atoms with Crippen LogP contribution >= 0.6 is 0 Å². The van der Waals surface area contributed by atoms with Crippen molar-refractivity contribution < 1.29 is 22.0 Å². The molecule has 202 valence electrons. The van der Waals surface area contributed by atoms with E-state index in [4.69, 9.17) is 4.98 Å². The van der Waals surface area contributed by atoms with Gasteiger partial charge in [0.15, 0.2) is 11.6 Å². The first-order chi connectivity index (χ1) is 18.6. The number of fused-ring (bicyclic) bond motifs is 1. The molecule has 5 rings (SSSR count). The topological polar surface area (TPSA) is 38.1 Å². The zero-order valence-electron chi connectivity index (χ0n) is 21.3. The molecule has 1 unspecified atom stereocenters. The molecule has 0 saturated heterocycles. The van der Waals surface area contributed by atoms with Crippen LogP contribution in [-0.4, -0.2) is 21.0 Å². The van der Waals surface area contributed by atoms with Gasteiger partial charge in [0.2, 0.25) is 0 Å². The van der Waals surface area contributed by atoms with Crippen molar-refractivity contribution in [3.8, 4) is 0 Å². The van der Waals surface area contributed by atoms with E-state index in [1.807, 2.05) is 60.7 Å². The Morgan fingerprint density at radius 2 is 1.46 bits per heavy atom. The van der Waals surface area contributed by atoms with E-state index < -0.39 is 35.5 Å². The van der Waals surface area contributed by atoms with Gasteiger partial charge in [0.25, 0.3) is 5.56 Å². The Morgan fingerprint density at radius 1 is 0.872 bits per heavy atom. The van der Waals surface area contributed by atoms with Crippen LogP contribution in [0, 0.1) is 18.6 Å². The van der Waals surface area contributed by atoms with Crippen molar-refractivity contribution >= 4 is 0 Å². The van der Waals surface area contributed by atoms with E-state index in [0.29, 0.717) is 36.1 Å². The van der Waals surface area contributed by atoms with Crippen LogP contribution in [0.3, 0.4) is 0 Å². The number of nitrogens with zero attached hydrogens (tertiary/aromatic N) is 3. The van der Waals surface area contributed by atoms with Gasteiger partial charge >= 0.3 is 6.18 Å². The number of hydrogen-bond acceptors (Lipinski definition) is 3. The van der Waals surface area contributed by atoms with Crippen molar-refractivity contribution in [3.05, 3.63) is 134 Å². The zero-order chi connectivity index (χ0) is 27.9. The number of rotatable bonds is 5. The summed E-state index contributed by atoms with van der Waals surface area (Å²) >= 11 is 0. The molecule has 4 aromatic rings. The monoisotopic (exact) mass is 539 g/mol. The van der Waals surface area contributed by atoms with Gasteiger partial charge in [0, 0.05) is 31.1 Å². The Bertz CT molecular complexity index is 1510. The minimum absolute atomic E-state index is 0.0982. The van der Waals surface area contributed by atoms with Gasteiger partial charge in [-0.15, -0.1) is 0 Å². The standard InChI is InChI=1S/C30H26F5N3O/c1-18(22-13-14-24(30(33,34)35)27(32)26(22)31)37-16-15-25-23(17-37)29(39)38(19(2)36-25)28(20-9-5-3-6-10-20)21-11-7-4-8-12-21/h3-14,18,28H,15-17H2,1-2H3. The summed E-state index contributed by atoms with van der Waals surface area (Å²) in [5.74, 6) is -2.90. The first kappa shape index (κ1) is 26.7. The molecular formula is C30H26F5N3O. The molecule has 0 bridgehead atoms. The molecule has 0 spiro atoms. The fourth-order valence-corrected chi connectivity index (χ4v) is 5.33. The van der Waals surface area contributed by atoms with Crippen molar-refractivity contribution in [2.75, 3.05) is 6.54 Å². The molecule has 39 heavy (non-hydrogen) atoms. The van der Waals surface area contributed by atoms with Crippen molar-refractivity contribution in [1.82, 2.24) is 14.5 Å². The minimum Gasteiger partial charge on any atom is -0.292 e. The molecule has 2 heterocycles. The van der Waals surface area contributed by atoms with E-state index in [2.05, 4.69) is 0 Å². The lowest BCUT2D eigenvalue weighted by Crippen LogP contribution is -2.41. The zero-order valence-corrected chi connectivity index (χ0v) is 21.3. The Kier molecular flexibility index (Phi) is 7.11. The second kappa shape index (κ2) is 10.4. The van der Waals surface area contributed by atoms with Gasteiger partial charge in [-0.2, -0.15) is 13.2 Å². The molecule has 1 aliphatic rings. The lowest BCUT2D eigenvalue weighted by Gasteiger charge is -2.34. The predicted octanol–water partition coefficient (Wildman–Crippen LogP) is 6.61. The van der Waals surface area contributed by atoms with E-state index in [9.17, 15) is 26.7 Å². The maximum atomic E-state index is 14.8. The maximum absolute atomic E-state index is 14.8. The van der Waals surface area contributed by atoms with Gasteiger partial charge in [-0.25, -0.2) is 13.8 Å². The van der Waals surface area contributed by atoms with Crippen LogP contribution in [0.25, 0.3) is 0 Å². The number of hydrogen-bond donors (Lipinski definition) is 0. The van der Waals surface area contributed by atoms with Crippen LogP contribution in [0.2, 0.25) is 0 Å². The third-order valence-corrected chi connectivity index (χ3v) is 7.37. The molecule has 1 atom stereocenters. The van der Waals surface area contributed by atoms with E-state index in [1.165, 1.54) is 0 Å². The molecule has 0 N–H and O–H groups in total. The highest BCUT2D eigenvalue weighted by Gasteiger charge is 2.37. The highest BCUT2D eigenvalue weighted by Crippen LogP contribution is 2.36. The Labute approximate surface area is 222 Å². The lowest BCUT2D eigenvalue weighted by atomic mass is 9.96. The van der Waals surface area contributed by atoms with Crippen LogP contribution in [0.1, 0.15) is 58.3 Å². The summed E-state index contributed by atoms with van der Waals surface area (Å²) < 4.78 is 69.9. The maximum Gasteiger partial charge on any atom is 0.419 e. The van der Waals surface area contributed by atoms with E-state index in [0.717, 1.165) is 17.2 Å². The third-order valence-electron chi connectivity index (χ3n) is 7.37. The van der Waals surface area contributed by atoms with Crippen LogP contribution in [0.4, 0.5) is 22.0 Å². The SMILES string of the molecule is Cc1nc2c(c(=O)n1C(c1ccccc1)c1ccccc1)CN(C(C)c1ccc(C(F)(F)F)c(F)c1F)CC2. The fraction of sp³-hybridized carbons (Fsp3) is 0.267. The van der Waals surface area contributed by atoms with E-state index in [-0.39, 0.29) is 17.7 Å². The van der Waals surface area contributed by atoms with Crippen LogP contribution < -0.4 is 5.56 Å². The first-order valence-corrected chi connectivity index (χ1v) is 12.6. The van der Waals surface area contributed by atoms with Gasteiger partial charge in [-0.3, -0.25) is 14.3 Å². The highest BCUT2D eigenvalue weighted by molar-refractivity contribution is 5.35. The molecule has 0 radical (unpaired) electrons. The smallest absolute Gasteiger partial charge is 0.292 e. The van der Waals surface area contributed by atoms with Crippen LogP contribution in [0.5, 0.6) is 0 Å². The molecule has 1 aromatic heterocycles. The van der Waals surface area contributed by atoms with Gasteiger partial charge in [0.05, 0.1) is 22.9 Å². The first-order valence-electron chi connectivity index (χ1n) is 12.6. The number of alkyl halides is 3. The van der Waals surface area contributed by atoms with Crippen molar-refractivity contribution in [2.24, 2.45) is 0 Å². The normalized spacial score (nSPS) is 14.9. The molecule has 0 amide bonds. The van der Waals surface area contributed by atoms with Crippen LogP contribution in [-0.2, 0) is 19.1 Å². The van der Waals surface area contributed by atoms with Gasteiger partial charge < -0.3 is 0 Å². The average Bonchev–Trinajstić information content (AvgIpc) is 2.92. The summed E-state index contributed by atoms with van der Waals surface area (Å²) in [5.41, 5.74) is 0.787. The third kappa shape index (κ3) is 4.98. The van der Waals surface area contributed by atoms with Gasteiger partial charge in [-0.1, -0.05) is 66.7 Å². The summed E-state index contributed by atoms with van der Waals surface area (Å²) in [5, 5.41) is 0. The summed E-state index contributed by atoms with van der Waals surface area (Å²) in [4.78, 5) is 20.6. The largest absolute Gasteiger partial charge is 0.419 e. The quantitative estimate of drug-likeness (QED) is 0.268. The van der Waals surface area contributed by atoms with Crippen molar-refractivity contribution in [1.29, 1.82) is 0 Å². The highest BCUT2D eigenvalue weighted by atomic mass is 19.4. The Hall–Kier alpha value is -3.85. The fourth-order valence-electron chi connectivity index (χ4n) is 5.33. The minimum atomic E-state index is -5.00. The molecule has 0 fully saturated rings. The summed E-state index contributed by atoms with van der Waals surface area (Å²) in [7, 11) is 0. The summed E-state index contributed by atoms with van der Waals surface area (Å²) in [6, 6.07) is 19.5. The second-order valence-electron chi connectivity index (χ2n) is 9.71. The molecule has 3 aromatic carbocycles. The average molecular weight is 540 g/mol. The van der Waals surface area contributed by atoms with Gasteiger partial charge in [-0.05, 0) is 31.0 Å². The molecule has 9 heteroatoms. The molecule has 0 saturated carbocycles. The summed E-state index contributed by atoms with van der Waals surface area (Å²) in [6.07, 6.45) is -4.61. The summed E-state index contributed by atoms with van der Waals surface area (Å²) in [6.45, 7) is 3.86. The van der Waals surface area contributed by atoms with E-state index in [1.54, 1.807) is 23.3 Å².